The Labute approximate surface area is 155 Å². The van der Waals surface area contributed by atoms with E-state index in [0.29, 0.717) is 30.3 Å². The molecule has 0 bridgehead atoms. The Morgan fingerprint density at radius 1 is 1.08 bits per heavy atom. The maximum absolute atomic E-state index is 12.6. The van der Waals surface area contributed by atoms with Crippen LogP contribution in [-0.4, -0.2) is 25.2 Å². The van der Waals surface area contributed by atoms with Gasteiger partial charge >= 0.3 is 0 Å². The van der Waals surface area contributed by atoms with Crippen LogP contribution in [0, 0.1) is 5.41 Å². The fraction of sp³-hybridized carbons (Fsp3) is 0.409. The summed E-state index contributed by atoms with van der Waals surface area (Å²) in [5.41, 5.74) is 1.83. The summed E-state index contributed by atoms with van der Waals surface area (Å²) < 4.78 is 11.7. The van der Waals surface area contributed by atoms with Crippen LogP contribution in [0.15, 0.2) is 48.5 Å². The standard InChI is InChI=1S/C22H27NO3/c1-16(9-10-17-7-5-4-6-8-17)23-21(24)18-11-12-19-20(13-18)26-15-22(2,3)14-25-19/h4-8,11-13,16H,9-10,14-15H2,1-3H3,(H,23,24). The number of benzene rings is 2. The number of carbonyl (C=O) groups excluding carboxylic acids is 1. The molecule has 1 unspecified atom stereocenters. The van der Waals surface area contributed by atoms with E-state index in [1.54, 1.807) is 12.1 Å². The monoisotopic (exact) mass is 353 g/mol. The Morgan fingerprint density at radius 2 is 1.77 bits per heavy atom. The summed E-state index contributed by atoms with van der Waals surface area (Å²) >= 11 is 0. The van der Waals surface area contributed by atoms with E-state index < -0.39 is 0 Å². The molecule has 1 N–H and O–H groups in total. The smallest absolute Gasteiger partial charge is 0.251 e. The van der Waals surface area contributed by atoms with Crippen LogP contribution in [-0.2, 0) is 6.42 Å². The molecule has 0 radical (unpaired) electrons. The first kappa shape index (κ1) is 18.3. The summed E-state index contributed by atoms with van der Waals surface area (Å²) in [6, 6.07) is 15.8. The average Bonchev–Trinajstić information content (AvgIpc) is 2.79. The lowest BCUT2D eigenvalue weighted by Crippen LogP contribution is -2.32. The zero-order valence-corrected chi connectivity index (χ0v) is 15.7. The number of hydrogen-bond acceptors (Lipinski definition) is 3. The summed E-state index contributed by atoms with van der Waals surface area (Å²) in [5.74, 6) is 1.25. The molecule has 0 aliphatic carbocycles. The summed E-state index contributed by atoms with van der Waals surface area (Å²) in [6.45, 7) is 7.40. The van der Waals surface area contributed by atoms with Crippen LogP contribution in [0.25, 0.3) is 0 Å². The summed E-state index contributed by atoms with van der Waals surface area (Å²) in [7, 11) is 0. The largest absolute Gasteiger partial charge is 0.489 e. The number of carbonyl (C=O) groups is 1. The minimum absolute atomic E-state index is 0.0482. The van der Waals surface area contributed by atoms with Gasteiger partial charge < -0.3 is 14.8 Å². The van der Waals surface area contributed by atoms with E-state index in [2.05, 4.69) is 31.3 Å². The zero-order chi connectivity index (χ0) is 18.6. The molecule has 138 valence electrons. The van der Waals surface area contributed by atoms with E-state index in [0.717, 1.165) is 12.8 Å². The van der Waals surface area contributed by atoms with Crippen molar-refractivity contribution in [3.8, 4) is 11.5 Å². The van der Waals surface area contributed by atoms with Gasteiger partial charge in [0.2, 0.25) is 0 Å². The van der Waals surface area contributed by atoms with Gasteiger partial charge in [0, 0.05) is 17.0 Å². The number of hydrogen-bond donors (Lipinski definition) is 1. The second-order valence-corrected chi connectivity index (χ2v) is 7.80. The van der Waals surface area contributed by atoms with E-state index >= 15 is 0 Å². The van der Waals surface area contributed by atoms with Gasteiger partial charge in [-0.1, -0.05) is 44.2 Å². The lowest BCUT2D eigenvalue weighted by Gasteiger charge is -2.19. The first-order valence-electron chi connectivity index (χ1n) is 9.17. The number of ether oxygens (including phenoxy) is 2. The van der Waals surface area contributed by atoms with E-state index in [9.17, 15) is 4.79 Å². The van der Waals surface area contributed by atoms with Crippen LogP contribution in [0.3, 0.4) is 0 Å². The molecule has 0 aromatic heterocycles. The van der Waals surface area contributed by atoms with Gasteiger partial charge in [-0.3, -0.25) is 4.79 Å². The van der Waals surface area contributed by atoms with E-state index in [4.69, 9.17) is 9.47 Å². The first-order chi connectivity index (χ1) is 12.4. The molecule has 1 amide bonds. The van der Waals surface area contributed by atoms with Gasteiger partial charge in [-0.05, 0) is 43.5 Å². The van der Waals surface area contributed by atoms with Gasteiger partial charge in [0.15, 0.2) is 11.5 Å². The highest BCUT2D eigenvalue weighted by Crippen LogP contribution is 2.34. The van der Waals surface area contributed by atoms with Crippen LogP contribution in [0.1, 0.15) is 43.1 Å². The van der Waals surface area contributed by atoms with Crippen molar-refractivity contribution in [1.29, 1.82) is 0 Å². The molecule has 1 aliphatic rings. The maximum atomic E-state index is 12.6. The van der Waals surface area contributed by atoms with Crippen molar-refractivity contribution < 1.29 is 14.3 Å². The van der Waals surface area contributed by atoms with Crippen LogP contribution in [0.5, 0.6) is 11.5 Å². The second-order valence-electron chi connectivity index (χ2n) is 7.80. The minimum atomic E-state index is -0.0829. The molecule has 26 heavy (non-hydrogen) atoms. The maximum Gasteiger partial charge on any atom is 0.251 e. The molecule has 1 aliphatic heterocycles. The van der Waals surface area contributed by atoms with Crippen molar-refractivity contribution in [2.45, 2.75) is 39.7 Å². The van der Waals surface area contributed by atoms with E-state index in [1.807, 2.05) is 31.2 Å². The van der Waals surface area contributed by atoms with Crippen molar-refractivity contribution in [2.24, 2.45) is 5.41 Å². The molecule has 4 heteroatoms. The van der Waals surface area contributed by atoms with Crippen LogP contribution < -0.4 is 14.8 Å². The predicted octanol–water partition coefficient (Wildman–Crippen LogP) is 4.24. The van der Waals surface area contributed by atoms with Crippen LogP contribution in [0.2, 0.25) is 0 Å². The van der Waals surface area contributed by atoms with Crippen LogP contribution >= 0.6 is 0 Å². The molecule has 0 spiro atoms. The predicted molar refractivity (Wildman–Crippen MR) is 103 cm³/mol. The highest BCUT2D eigenvalue weighted by molar-refractivity contribution is 5.95. The van der Waals surface area contributed by atoms with Crippen molar-refractivity contribution >= 4 is 5.91 Å². The molecular formula is C22H27NO3. The number of fused-ring (bicyclic) bond motifs is 1. The van der Waals surface area contributed by atoms with Gasteiger partial charge in [0.25, 0.3) is 5.91 Å². The molecule has 1 heterocycles. The van der Waals surface area contributed by atoms with Gasteiger partial charge in [0.1, 0.15) is 0 Å². The third-order valence-electron chi connectivity index (χ3n) is 4.53. The number of aryl methyl sites for hydroxylation is 1. The molecule has 0 fully saturated rings. The Kier molecular flexibility index (Phi) is 5.50. The number of amides is 1. The number of rotatable bonds is 5. The molecule has 4 nitrogen and oxygen atoms in total. The third-order valence-corrected chi connectivity index (χ3v) is 4.53. The summed E-state index contributed by atoms with van der Waals surface area (Å²) in [4.78, 5) is 12.6. The molecule has 2 aromatic rings. The molecular weight excluding hydrogens is 326 g/mol. The SMILES string of the molecule is CC(CCc1ccccc1)NC(=O)c1ccc2c(c1)OCC(C)(C)CO2. The van der Waals surface area contributed by atoms with Gasteiger partial charge in [-0.2, -0.15) is 0 Å². The van der Waals surface area contributed by atoms with Crippen molar-refractivity contribution in [3.05, 3.63) is 59.7 Å². The third kappa shape index (κ3) is 4.78. The first-order valence-corrected chi connectivity index (χ1v) is 9.17. The molecule has 3 rings (SSSR count). The Hall–Kier alpha value is -2.49. The fourth-order valence-corrected chi connectivity index (χ4v) is 2.88. The lowest BCUT2D eigenvalue weighted by atomic mass is 9.97. The minimum Gasteiger partial charge on any atom is -0.489 e. The van der Waals surface area contributed by atoms with Crippen molar-refractivity contribution in [1.82, 2.24) is 5.32 Å². The lowest BCUT2D eigenvalue weighted by molar-refractivity contribution is 0.0938. The topological polar surface area (TPSA) is 47.6 Å². The average molecular weight is 353 g/mol. The Balaban J connectivity index is 1.59. The summed E-state index contributed by atoms with van der Waals surface area (Å²) in [6.07, 6.45) is 1.84. The highest BCUT2D eigenvalue weighted by atomic mass is 16.5. The van der Waals surface area contributed by atoms with Crippen LogP contribution in [0.4, 0.5) is 0 Å². The van der Waals surface area contributed by atoms with Crippen molar-refractivity contribution in [2.75, 3.05) is 13.2 Å². The van der Waals surface area contributed by atoms with Crippen molar-refractivity contribution in [3.63, 3.8) is 0 Å². The molecule has 0 saturated carbocycles. The quantitative estimate of drug-likeness (QED) is 0.875. The normalized spacial score (nSPS) is 16.4. The van der Waals surface area contributed by atoms with Gasteiger partial charge in [-0.25, -0.2) is 0 Å². The van der Waals surface area contributed by atoms with E-state index in [1.165, 1.54) is 5.56 Å². The highest BCUT2D eigenvalue weighted by Gasteiger charge is 2.25. The van der Waals surface area contributed by atoms with Gasteiger partial charge in [0.05, 0.1) is 13.2 Å². The second kappa shape index (κ2) is 7.81. The molecule has 0 saturated heterocycles. The Morgan fingerprint density at radius 3 is 2.50 bits per heavy atom. The zero-order valence-electron chi connectivity index (χ0n) is 15.7. The Bertz CT molecular complexity index is 755. The number of nitrogens with one attached hydrogen (secondary N) is 1. The summed E-state index contributed by atoms with van der Waals surface area (Å²) in [5, 5.41) is 3.07. The van der Waals surface area contributed by atoms with Gasteiger partial charge in [-0.15, -0.1) is 0 Å². The van der Waals surface area contributed by atoms with E-state index in [-0.39, 0.29) is 17.4 Å². The molecule has 1 atom stereocenters. The fourth-order valence-electron chi connectivity index (χ4n) is 2.88. The molecule has 2 aromatic carbocycles.